The third kappa shape index (κ3) is 25.0. The molecular formula is C82H113BrO10. The van der Waals surface area contributed by atoms with Crippen LogP contribution >= 0.6 is 15.9 Å². The average molecular weight is 1340 g/mol. The summed E-state index contributed by atoms with van der Waals surface area (Å²) in [6.45, 7) is 36.1. The molecule has 1 N–H and O–H groups in total. The van der Waals surface area contributed by atoms with E-state index in [-0.39, 0.29) is 18.2 Å². The highest BCUT2D eigenvalue weighted by atomic mass is 79.9. The van der Waals surface area contributed by atoms with Gasteiger partial charge in [0.05, 0.1) is 26.4 Å². The number of hydrogen-bond acceptors (Lipinski definition) is 9. The lowest BCUT2D eigenvalue weighted by atomic mass is 9.78. The molecule has 0 heterocycles. The van der Waals surface area contributed by atoms with Gasteiger partial charge in [0.1, 0.15) is 34.5 Å². The van der Waals surface area contributed by atoms with Crippen molar-refractivity contribution >= 4 is 44.8 Å². The Morgan fingerprint density at radius 3 is 1.17 bits per heavy atom. The van der Waals surface area contributed by atoms with Crippen LogP contribution in [0.15, 0.2) is 83.4 Å². The number of aryl methyl sites for hydroxylation is 10. The van der Waals surface area contributed by atoms with Crippen LogP contribution in [0.3, 0.4) is 0 Å². The quantitative estimate of drug-likeness (QED) is 0.108. The van der Waals surface area contributed by atoms with Gasteiger partial charge in [-0.2, -0.15) is 0 Å². The van der Waals surface area contributed by atoms with E-state index in [1.807, 2.05) is 40.7 Å². The molecule has 0 spiro atoms. The fraction of sp³-hybridized carbons (Fsp3) is 0.537. The number of aliphatic carboxylic acids is 1. The third-order valence-corrected chi connectivity index (χ3v) is 18.7. The van der Waals surface area contributed by atoms with Crippen molar-refractivity contribution < 1.29 is 48.0 Å². The van der Waals surface area contributed by atoms with Crippen LogP contribution in [0, 0.1) is 81.1 Å². The van der Waals surface area contributed by atoms with Crippen LogP contribution in [0.4, 0.5) is 0 Å². The smallest absolute Gasteiger partial charge is 0.341 e. The number of carbonyl (C=O) groups excluding carboxylic acids is 3. The van der Waals surface area contributed by atoms with Crippen LogP contribution in [0.5, 0.6) is 28.7 Å². The number of rotatable bonds is 15. The van der Waals surface area contributed by atoms with Gasteiger partial charge in [-0.15, -0.1) is 0 Å². The number of ether oxygens (including phenoxy) is 5. The highest BCUT2D eigenvalue weighted by molar-refractivity contribution is 9.10. The second-order valence-electron chi connectivity index (χ2n) is 26.7. The molecule has 0 aromatic heterocycles. The van der Waals surface area contributed by atoms with Crippen molar-refractivity contribution in [3.63, 3.8) is 0 Å². The molecule has 10 nitrogen and oxygen atoms in total. The Bertz CT molecular complexity index is 3210. The summed E-state index contributed by atoms with van der Waals surface area (Å²) in [5.41, 5.74) is 18.3. The molecule has 5 aliphatic carbocycles. The van der Waals surface area contributed by atoms with Crippen molar-refractivity contribution in [2.45, 2.75) is 244 Å². The van der Waals surface area contributed by atoms with Crippen molar-refractivity contribution in [1.82, 2.24) is 0 Å². The van der Waals surface area contributed by atoms with E-state index >= 15 is 0 Å². The van der Waals surface area contributed by atoms with E-state index in [1.54, 1.807) is 12.2 Å². The van der Waals surface area contributed by atoms with E-state index in [0.29, 0.717) is 43.7 Å². The van der Waals surface area contributed by atoms with Gasteiger partial charge in [0.25, 0.3) is 0 Å². The summed E-state index contributed by atoms with van der Waals surface area (Å²) in [6, 6.07) is 21.8. The van der Waals surface area contributed by atoms with Crippen molar-refractivity contribution in [2.24, 2.45) is 11.8 Å². The molecule has 5 aromatic rings. The summed E-state index contributed by atoms with van der Waals surface area (Å²) in [5, 5.41) is 8.72. The SMILES string of the molecule is CCOc1c(C)cc(Br)cc1C.CCOc1c(C)cc(C2=CC(=O)CCC2)cc1C.CCOc1c(C)cc(C2CCCC(=O)C2)cc1C.CCOc1c(C)cc(C2CCCC(C)C2)cc1C.Cc1cc(C2CCCC(C)C2)cc(C)c1OCC(=O)O.O=C1C=CCCC1. The fourth-order valence-corrected chi connectivity index (χ4v) is 14.7. The minimum Gasteiger partial charge on any atom is -0.493 e. The Kier molecular flexibility index (Phi) is 32.7. The molecule has 3 fully saturated rings. The zero-order chi connectivity index (χ0) is 68.3. The summed E-state index contributed by atoms with van der Waals surface area (Å²) < 4.78 is 29.0. The Labute approximate surface area is 568 Å². The molecule has 5 unspecified atom stereocenters. The van der Waals surface area contributed by atoms with E-state index < -0.39 is 5.97 Å². The van der Waals surface area contributed by atoms with Crippen molar-refractivity contribution in [3.8, 4) is 28.7 Å². The van der Waals surface area contributed by atoms with Crippen LogP contribution in [0.1, 0.15) is 253 Å². The van der Waals surface area contributed by atoms with Gasteiger partial charge in [-0.3, -0.25) is 14.4 Å². The van der Waals surface area contributed by atoms with Crippen LogP contribution in [-0.2, 0) is 19.2 Å². The van der Waals surface area contributed by atoms with Crippen molar-refractivity contribution in [1.29, 1.82) is 0 Å². The van der Waals surface area contributed by atoms with E-state index in [9.17, 15) is 19.2 Å². The van der Waals surface area contributed by atoms with Gasteiger partial charge < -0.3 is 28.8 Å². The van der Waals surface area contributed by atoms with Crippen molar-refractivity contribution in [2.75, 3.05) is 33.0 Å². The lowest BCUT2D eigenvalue weighted by molar-refractivity contribution is -0.139. The molecule has 10 rings (SSSR count). The zero-order valence-electron chi connectivity index (χ0n) is 59.7. The molecule has 5 atom stereocenters. The molecule has 11 heteroatoms. The van der Waals surface area contributed by atoms with Crippen LogP contribution in [0.25, 0.3) is 5.57 Å². The molecule has 508 valence electrons. The lowest BCUT2D eigenvalue weighted by Crippen LogP contribution is -2.13. The van der Waals surface area contributed by atoms with Gasteiger partial charge in [-0.25, -0.2) is 4.79 Å². The number of benzene rings is 5. The number of hydrogen-bond donors (Lipinski definition) is 1. The number of allylic oxidation sites excluding steroid dienone is 4. The summed E-state index contributed by atoms with van der Waals surface area (Å²) in [4.78, 5) is 44.0. The Morgan fingerprint density at radius 1 is 0.452 bits per heavy atom. The first-order valence-electron chi connectivity index (χ1n) is 34.9. The number of carboxylic acids is 1. The fourth-order valence-electron chi connectivity index (χ4n) is 14.0. The lowest BCUT2D eigenvalue weighted by Gasteiger charge is -2.28. The van der Waals surface area contributed by atoms with Gasteiger partial charge in [-0.1, -0.05) is 97.9 Å². The Balaban J connectivity index is 0.000000206. The number of ketones is 3. The van der Waals surface area contributed by atoms with Crippen LogP contribution < -0.4 is 23.7 Å². The van der Waals surface area contributed by atoms with Gasteiger partial charge in [0.2, 0.25) is 0 Å². The summed E-state index contributed by atoms with van der Waals surface area (Å²) >= 11 is 3.44. The van der Waals surface area contributed by atoms with E-state index in [1.165, 1.54) is 113 Å². The Morgan fingerprint density at radius 2 is 0.828 bits per heavy atom. The maximum atomic E-state index is 11.6. The second-order valence-corrected chi connectivity index (χ2v) is 27.6. The summed E-state index contributed by atoms with van der Waals surface area (Å²) in [6.07, 6.45) is 25.3. The second kappa shape index (κ2) is 39.4. The predicted octanol–water partition coefficient (Wildman–Crippen LogP) is 21.6. The van der Waals surface area contributed by atoms with Gasteiger partial charge >= 0.3 is 5.97 Å². The number of carboxylic acid groups (broad SMARTS) is 1. The molecule has 0 aliphatic heterocycles. The van der Waals surface area contributed by atoms with Gasteiger partial charge in [0, 0.05) is 30.2 Å². The molecule has 0 saturated heterocycles. The minimum absolute atomic E-state index is 0.250. The first kappa shape index (κ1) is 77.2. The molecule has 5 aliphatic rings. The zero-order valence-corrected chi connectivity index (χ0v) is 61.2. The predicted molar refractivity (Wildman–Crippen MR) is 387 cm³/mol. The number of halogens is 1. The highest BCUT2D eigenvalue weighted by Gasteiger charge is 2.25. The minimum atomic E-state index is -0.936. The largest absolute Gasteiger partial charge is 0.493 e. The standard InChI is InChI=1S/C17H24O3.C17H26O.C16H22O2.C16H20O2.C10H13BrO.C6H8O/c1-11-5-4-6-14(7-11)15-8-12(2)17(13(3)9-15)20-10-16(18)19;1-5-18-17-13(3)10-16(11-14(17)4)15-8-6-7-12(2)9-15;2*1-4-18-16-11(2)8-14(9-12(16)3)13-6-5-7-15(17)10-13;1-4-12-10-7(2)5-9(11)6-8(10)3;7-6-4-2-1-3-5-6/h8-9,11,14H,4-7,10H2,1-3H3,(H,18,19);10-12,15H,5-9H2,1-4H3;8-9,13H,4-7,10H2,1-3H3;8-10H,4-7H2,1-3H3;5-6H,4H2,1-3H3;2,4H,1,3,5H2. The van der Waals surface area contributed by atoms with Crippen LogP contribution in [-0.4, -0.2) is 61.5 Å². The van der Waals surface area contributed by atoms with E-state index in [0.717, 1.165) is 138 Å². The molecule has 0 bridgehead atoms. The number of carbonyl (C=O) groups is 4. The van der Waals surface area contributed by atoms with E-state index in [2.05, 4.69) is 153 Å². The van der Waals surface area contributed by atoms with E-state index in [4.69, 9.17) is 28.8 Å². The number of Topliss-reactive ketones (excluding diaryl/α,β-unsaturated/α-hetero) is 1. The van der Waals surface area contributed by atoms with Gasteiger partial charge in [0.15, 0.2) is 18.2 Å². The van der Waals surface area contributed by atoms with Gasteiger partial charge in [-0.05, 0) is 311 Å². The topological polar surface area (TPSA) is 135 Å². The third-order valence-electron chi connectivity index (χ3n) is 18.3. The Hall–Kier alpha value is -6.46. The normalized spacial score (nSPS) is 19.2. The average Bonchev–Trinajstić information content (AvgIpc) is 1.30. The molecule has 0 radical (unpaired) electrons. The monoisotopic (exact) mass is 1340 g/mol. The summed E-state index contributed by atoms with van der Waals surface area (Å²) in [7, 11) is 0. The van der Waals surface area contributed by atoms with Crippen LogP contribution in [0.2, 0.25) is 0 Å². The maximum Gasteiger partial charge on any atom is 0.341 e. The summed E-state index contributed by atoms with van der Waals surface area (Å²) in [5.74, 6) is 8.33. The first-order chi connectivity index (χ1) is 44.4. The molecule has 0 amide bonds. The molecule has 93 heavy (non-hydrogen) atoms. The van der Waals surface area contributed by atoms with Crippen molar-refractivity contribution in [3.05, 3.63) is 161 Å². The maximum absolute atomic E-state index is 11.6. The molecule has 5 aromatic carbocycles. The highest BCUT2D eigenvalue weighted by Crippen LogP contribution is 2.41. The molecule has 3 saturated carbocycles. The molecular weight excluding hydrogens is 1220 g/mol. The first-order valence-corrected chi connectivity index (χ1v) is 35.7.